The van der Waals surface area contributed by atoms with Crippen LogP contribution >= 0.6 is 24.0 Å². The van der Waals surface area contributed by atoms with Crippen LogP contribution in [-0.4, -0.2) is 74.1 Å². The van der Waals surface area contributed by atoms with Gasteiger partial charge in [-0.15, -0.1) is 24.0 Å². The molecular weight excluding hydrogens is 443 g/mol. The van der Waals surface area contributed by atoms with Crippen molar-refractivity contribution in [1.29, 1.82) is 0 Å². The molecule has 1 saturated heterocycles. The molecule has 1 fully saturated rings. The van der Waals surface area contributed by atoms with Crippen LogP contribution in [0.25, 0.3) is 0 Å². The van der Waals surface area contributed by atoms with Gasteiger partial charge in [-0.2, -0.15) is 0 Å². The zero-order valence-corrected chi connectivity index (χ0v) is 19.6. The second-order valence-electron chi connectivity index (χ2n) is 7.05. The quantitative estimate of drug-likeness (QED) is 0.180. The molecule has 0 aromatic rings. The van der Waals surface area contributed by atoms with E-state index >= 15 is 0 Å². The Morgan fingerprint density at radius 3 is 2.69 bits per heavy atom. The Hall–Kier alpha value is -0.570. The third-order valence-corrected chi connectivity index (χ3v) is 4.74. The molecule has 0 radical (unpaired) electrons. The van der Waals surface area contributed by atoms with Crippen LogP contribution in [0.2, 0.25) is 0 Å². The van der Waals surface area contributed by atoms with E-state index in [0.717, 1.165) is 57.8 Å². The number of carbonyl (C=O) groups excluding carboxylic acids is 1. The molecule has 6 nitrogen and oxygen atoms in total. The number of nitrogens with zero attached hydrogens (tertiary/aromatic N) is 3. The van der Waals surface area contributed by atoms with Crippen molar-refractivity contribution in [2.45, 2.75) is 59.4 Å². The number of likely N-dealkylation sites (tertiary alicyclic amines) is 1. The molecule has 1 heterocycles. The highest BCUT2D eigenvalue weighted by molar-refractivity contribution is 14.0. The minimum atomic E-state index is -0.0697. The van der Waals surface area contributed by atoms with Crippen LogP contribution in [0.1, 0.15) is 53.4 Å². The number of carbonyl (C=O) groups is 1. The summed E-state index contributed by atoms with van der Waals surface area (Å²) in [6.07, 6.45) is 4.16. The number of hydrogen-bond donors (Lipinski definition) is 1. The molecule has 0 saturated carbocycles. The van der Waals surface area contributed by atoms with Crippen LogP contribution in [0.15, 0.2) is 4.99 Å². The number of rotatable bonds is 9. The van der Waals surface area contributed by atoms with Gasteiger partial charge in [0.25, 0.3) is 0 Å². The van der Waals surface area contributed by atoms with Crippen molar-refractivity contribution in [2.75, 3.05) is 46.4 Å². The Morgan fingerprint density at radius 1 is 1.35 bits per heavy atom. The number of esters is 1. The van der Waals surface area contributed by atoms with Crippen molar-refractivity contribution in [3.63, 3.8) is 0 Å². The number of piperidine rings is 1. The summed E-state index contributed by atoms with van der Waals surface area (Å²) in [7, 11) is 2.17. The first-order valence-electron chi connectivity index (χ1n) is 9.89. The zero-order chi connectivity index (χ0) is 18.7. The third kappa shape index (κ3) is 9.39. The maximum Gasteiger partial charge on any atom is 0.310 e. The van der Waals surface area contributed by atoms with Gasteiger partial charge in [0.2, 0.25) is 0 Å². The lowest BCUT2D eigenvalue weighted by molar-refractivity contribution is -0.149. The van der Waals surface area contributed by atoms with E-state index in [-0.39, 0.29) is 35.9 Å². The van der Waals surface area contributed by atoms with Gasteiger partial charge in [0, 0.05) is 32.2 Å². The van der Waals surface area contributed by atoms with Crippen molar-refractivity contribution in [1.82, 2.24) is 15.1 Å². The number of hydrogen-bond acceptors (Lipinski definition) is 4. The molecule has 1 unspecified atom stereocenters. The Labute approximate surface area is 177 Å². The van der Waals surface area contributed by atoms with Crippen molar-refractivity contribution < 1.29 is 9.53 Å². The number of nitrogens with one attached hydrogen (secondary N) is 1. The summed E-state index contributed by atoms with van der Waals surface area (Å²) in [5.41, 5.74) is 0. The van der Waals surface area contributed by atoms with Crippen LogP contribution in [0.3, 0.4) is 0 Å². The van der Waals surface area contributed by atoms with E-state index in [1.165, 1.54) is 0 Å². The highest BCUT2D eigenvalue weighted by Gasteiger charge is 2.28. The summed E-state index contributed by atoms with van der Waals surface area (Å²) in [6.45, 7) is 13.3. The summed E-state index contributed by atoms with van der Waals surface area (Å²) in [5.74, 6) is 0.839. The Kier molecular flexibility index (Phi) is 14.2. The van der Waals surface area contributed by atoms with Crippen LogP contribution in [0.5, 0.6) is 0 Å². The average molecular weight is 482 g/mol. The van der Waals surface area contributed by atoms with E-state index in [1.54, 1.807) is 0 Å². The smallest absolute Gasteiger partial charge is 0.310 e. The first kappa shape index (κ1) is 25.4. The minimum Gasteiger partial charge on any atom is -0.466 e. The molecule has 0 aliphatic carbocycles. The van der Waals surface area contributed by atoms with Gasteiger partial charge in [-0.25, -0.2) is 0 Å². The van der Waals surface area contributed by atoms with Gasteiger partial charge < -0.3 is 19.9 Å². The predicted molar refractivity (Wildman–Crippen MR) is 119 cm³/mol. The molecule has 0 aromatic heterocycles. The second kappa shape index (κ2) is 14.5. The lowest BCUT2D eigenvalue weighted by Gasteiger charge is -2.34. The lowest BCUT2D eigenvalue weighted by atomic mass is 9.98. The molecule has 0 spiro atoms. The summed E-state index contributed by atoms with van der Waals surface area (Å²) in [5, 5.41) is 3.38. The van der Waals surface area contributed by atoms with Crippen LogP contribution in [0.4, 0.5) is 0 Å². The summed E-state index contributed by atoms with van der Waals surface area (Å²) in [6, 6.07) is 0.592. The van der Waals surface area contributed by atoms with Crippen molar-refractivity contribution in [3.05, 3.63) is 0 Å². The molecule has 154 valence electrons. The van der Waals surface area contributed by atoms with Crippen LogP contribution < -0.4 is 5.32 Å². The van der Waals surface area contributed by atoms with E-state index in [4.69, 9.17) is 9.73 Å². The molecule has 0 amide bonds. The third-order valence-electron chi connectivity index (χ3n) is 4.74. The normalized spacial score (nSPS) is 18.0. The largest absolute Gasteiger partial charge is 0.466 e. The number of halogens is 1. The summed E-state index contributed by atoms with van der Waals surface area (Å²) < 4.78 is 5.19. The Morgan fingerprint density at radius 2 is 2.08 bits per heavy atom. The highest BCUT2D eigenvalue weighted by Crippen LogP contribution is 2.18. The van der Waals surface area contributed by atoms with Gasteiger partial charge in [-0.1, -0.05) is 0 Å². The van der Waals surface area contributed by atoms with Gasteiger partial charge in [0.15, 0.2) is 5.96 Å². The molecule has 1 atom stereocenters. The molecule has 0 aromatic carbocycles. The fourth-order valence-electron chi connectivity index (χ4n) is 2.96. The molecule has 7 heteroatoms. The zero-order valence-electron chi connectivity index (χ0n) is 17.3. The molecule has 0 bridgehead atoms. The molecule has 1 aliphatic heterocycles. The van der Waals surface area contributed by atoms with E-state index in [1.807, 2.05) is 6.92 Å². The SMILES string of the molecule is CCNC(=NCCCCN(C)C(C)C)N1CCCC(C(=O)OCC)C1.I. The molecule has 1 aliphatic rings. The van der Waals surface area contributed by atoms with Crippen molar-refractivity contribution in [2.24, 2.45) is 10.9 Å². The fourth-order valence-corrected chi connectivity index (χ4v) is 2.96. The first-order chi connectivity index (χ1) is 12.0. The van der Waals surface area contributed by atoms with E-state index in [2.05, 4.69) is 42.9 Å². The number of aliphatic imine (C=N–C) groups is 1. The van der Waals surface area contributed by atoms with Gasteiger partial charge >= 0.3 is 5.97 Å². The average Bonchev–Trinajstić information content (AvgIpc) is 2.60. The van der Waals surface area contributed by atoms with Crippen molar-refractivity contribution in [3.8, 4) is 0 Å². The maximum atomic E-state index is 12.0. The van der Waals surface area contributed by atoms with Crippen LogP contribution in [0, 0.1) is 5.92 Å². The standard InChI is InChI=1S/C19H38N4O2.HI/c1-6-20-19(21-12-8-9-13-22(5)16(3)4)23-14-10-11-17(15-23)18(24)25-7-2;/h16-17H,6-15H2,1-5H3,(H,20,21);1H. The Bertz CT molecular complexity index is 418. The fraction of sp³-hybridized carbons (Fsp3) is 0.895. The summed E-state index contributed by atoms with van der Waals surface area (Å²) in [4.78, 5) is 21.4. The number of unbranched alkanes of at least 4 members (excludes halogenated alkanes) is 1. The minimum absolute atomic E-state index is 0. The molecule has 1 rings (SSSR count). The molecule has 26 heavy (non-hydrogen) atoms. The summed E-state index contributed by atoms with van der Waals surface area (Å²) >= 11 is 0. The molecule has 1 N–H and O–H groups in total. The van der Waals surface area contributed by atoms with E-state index in [9.17, 15) is 4.79 Å². The maximum absolute atomic E-state index is 12.0. The van der Waals surface area contributed by atoms with Gasteiger partial charge in [0.05, 0.1) is 12.5 Å². The van der Waals surface area contributed by atoms with Crippen LogP contribution in [-0.2, 0) is 9.53 Å². The van der Waals surface area contributed by atoms with Gasteiger partial charge in [-0.3, -0.25) is 9.79 Å². The van der Waals surface area contributed by atoms with Crippen molar-refractivity contribution >= 4 is 35.9 Å². The predicted octanol–water partition coefficient (Wildman–Crippen LogP) is 2.97. The van der Waals surface area contributed by atoms with Gasteiger partial charge in [0.1, 0.15) is 0 Å². The number of ether oxygens (including phenoxy) is 1. The van der Waals surface area contributed by atoms with E-state index in [0.29, 0.717) is 19.2 Å². The first-order valence-corrected chi connectivity index (χ1v) is 9.89. The Balaban J connectivity index is 0.00000625. The molecular formula is C19H39IN4O2. The second-order valence-corrected chi connectivity index (χ2v) is 7.05. The van der Waals surface area contributed by atoms with E-state index < -0.39 is 0 Å². The highest BCUT2D eigenvalue weighted by atomic mass is 127. The monoisotopic (exact) mass is 482 g/mol. The lowest BCUT2D eigenvalue weighted by Crippen LogP contribution is -2.48. The number of guanidine groups is 1. The van der Waals surface area contributed by atoms with Gasteiger partial charge in [-0.05, 0) is 67.0 Å². The topological polar surface area (TPSA) is 57.2 Å².